The summed E-state index contributed by atoms with van der Waals surface area (Å²) in [7, 11) is 0. The fourth-order valence-corrected chi connectivity index (χ4v) is 4.78. The third-order valence-corrected chi connectivity index (χ3v) is 6.65. The molecule has 31 heavy (non-hydrogen) atoms. The van der Waals surface area contributed by atoms with Gasteiger partial charge in [0.25, 0.3) is 11.8 Å². The Kier molecular flexibility index (Phi) is 5.06. The number of aromatic nitrogens is 1. The topological polar surface area (TPSA) is 66.7 Å². The molecule has 6 nitrogen and oxygen atoms in total. The van der Waals surface area contributed by atoms with Crippen LogP contribution in [0.15, 0.2) is 47.0 Å². The summed E-state index contributed by atoms with van der Waals surface area (Å²) in [5.41, 5.74) is 2.40. The molecule has 1 atom stereocenters. The predicted molar refractivity (Wildman–Crippen MR) is 113 cm³/mol. The van der Waals surface area contributed by atoms with Crippen molar-refractivity contribution in [3.63, 3.8) is 0 Å². The Morgan fingerprint density at radius 3 is 2.45 bits per heavy atom. The number of likely N-dealkylation sites (tertiary alicyclic amines) is 1. The number of imide groups is 1. The second-order valence-corrected chi connectivity index (χ2v) is 8.46. The van der Waals surface area contributed by atoms with Gasteiger partial charge in [-0.3, -0.25) is 14.5 Å². The molecule has 1 aromatic heterocycles. The van der Waals surface area contributed by atoms with Gasteiger partial charge in [-0.2, -0.15) is 0 Å². The van der Waals surface area contributed by atoms with Gasteiger partial charge >= 0.3 is 0 Å². The summed E-state index contributed by atoms with van der Waals surface area (Å²) in [6, 6.07) is 11.8. The van der Waals surface area contributed by atoms with E-state index in [0.717, 1.165) is 43.4 Å². The van der Waals surface area contributed by atoms with Crippen LogP contribution in [0.1, 0.15) is 58.5 Å². The molecular weight excluding hydrogens is 397 g/mol. The second kappa shape index (κ2) is 7.89. The molecule has 2 aliphatic rings. The number of carbonyl (C=O) groups excluding carboxylic acids is 2. The average molecular weight is 421 g/mol. The molecule has 0 saturated carbocycles. The Balaban J connectivity index is 1.18. The van der Waals surface area contributed by atoms with Crippen molar-refractivity contribution in [3.8, 4) is 0 Å². The molecule has 0 spiro atoms. The maximum atomic E-state index is 13.4. The van der Waals surface area contributed by atoms with Crippen molar-refractivity contribution in [2.75, 3.05) is 19.6 Å². The van der Waals surface area contributed by atoms with Crippen LogP contribution in [0, 0.1) is 5.82 Å². The van der Waals surface area contributed by atoms with Crippen LogP contribution >= 0.6 is 0 Å². The van der Waals surface area contributed by atoms with Crippen molar-refractivity contribution in [1.82, 2.24) is 15.0 Å². The van der Waals surface area contributed by atoms with Crippen LogP contribution in [-0.4, -0.2) is 52.4 Å². The lowest BCUT2D eigenvalue weighted by Gasteiger charge is -2.36. The number of hydrogen-bond donors (Lipinski definition) is 0. The number of rotatable bonds is 5. The van der Waals surface area contributed by atoms with Crippen LogP contribution in [0.4, 0.5) is 4.39 Å². The summed E-state index contributed by atoms with van der Waals surface area (Å²) in [4.78, 5) is 28.9. The van der Waals surface area contributed by atoms with Gasteiger partial charge in [0.15, 0.2) is 5.58 Å². The molecule has 2 amide bonds. The van der Waals surface area contributed by atoms with Crippen LogP contribution in [0.25, 0.3) is 11.0 Å². The lowest BCUT2D eigenvalue weighted by molar-refractivity contribution is 0.0631. The molecular formula is C24H24FN3O3. The number of fused-ring (bicyclic) bond motifs is 2. The molecule has 3 heterocycles. The molecule has 1 saturated heterocycles. The largest absolute Gasteiger partial charge is 0.356 e. The highest BCUT2D eigenvalue weighted by atomic mass is 19.1. The zero-order valence-corrected chi connectivity index (χ0v) is 17.4. The first-order valence-electron chi connectivity index (χ1n) is 10.8. The van der Waals surface area contributed by atoms with E-state index >= 15 is 0 Å². The molecule has 0 bridgehead atoms. The highest BCUT2D eigenvalue weighted by Crippen LogP contribution is 2.33. The summed E-state index contributed by atoms with van der Waals surface area (Å²) >= 11 is 0. The van der Waals surface area contributed by atoms with Crippen molar-refractivity contribution in [3.05, 3.63) is 65.1 Å². The quantitative estimate of drug-likeness (QED) is 0.577. The van der Waals surface area contributed by atoms with Gasteiger partial charge in [0.05, 0.1) is 16.8 Å². The summed E-state index contributed by atoms with van der Waals surface area (Å²) in [5.74, 6) is -0.426. The van der Waals surface area contributed by atoms with Gasteiger partial charge < -0.3 is 9.42 Å². The molecule has 5 rings (SSSR count). The van der Waals surface area contributed by atoms with E-state index < -0.39 is 0 Å². The van der Waals surface area contributed by atoms with E-state index in [4.69, 9.17) is 4.52 Å². The van der Waals surface area contributed by atoms with Crippen LogP contribution in [0.5, 0.6) is 0 Å². The van der Waals surface area contributed by atoms with E-state index in [1.807, 2.05) is 0 Å². The van der Waals surface area contributed by atoms with Gasteiger partial charge in [0, 0.05) is 30.0 Å². The Morgan fingerprint density at radius 1 is 1.10 bits per heavy atom. The smallest absolute Gasteiger partial charge is 0.261 e. The summed E-state index contributed by atoms with van der Waals surface area (Å²) in [5, 5.41) is 5.10. The summed E-state index contributed by atoms with van der Waals surface area (Å²) in [6.45, 7) is 4.38. The molecule has 1 fully saturated rings. The number of amides is 2. The summed E-state index contributed by atoms with van der Waals surface area (Å²) in [6.07, 6.45) is 2.62. The first-order valence-corrected chi connectivity index (χ1v) is 10.8. The van der Waals surface area contributed by atoms with E-state index in [0.29, 0.717) is 23.3 Å². The zero-order chi connectivity index (χ0) is 21.5. The minimum Gasteiger partial charge on any atom is -0.356 e. The van der Waals surface area contributed by atoms with Crippen molar-refractivity contribution in [1.29, 1.82) is 0 Å². The fourth-order valence-electron chi connectivity index (χ4n) is 4.78. The number of hydrogen-bond acceptors (Lipinski definition) is 5. The second-order valence-electron chi connectivity index (χ2n) is 8.46. The molecule has 1 unspecified atom stereocenters. The van der Waals surface area contributed by atoms with Crippen LogP contribution < -0.4 is 0 Å². The van der Waals surface area contributed by atoms with Gasteiger partial charge in [-0.1, -0.05) is 17.3 Å². The number of carbonyl (C=O) groups is 2. The van der Waals surface area contributed by atoms with Crippen molar-refractivity contribution >= 4 is 22.8 Å². The van der Waals surface area contributed by atoms with Crippen molar-refractivity contribution < 1.29 is 18.5 Å². The minimum absolute atomic E-state index is 0.194. The van der Waals surface area contributed by atoms with Gasteiger partial charge in [0.1, 0.15) is 5.82 Å². The molecule has 0 radical (unpaired) electrons. The maximum Gasteiger partial charge on any atom is 0.261 e. The highest BCUT2D eigenvalue weighted by Gasteiger charge is 2.35. The molecule has 0 aliphatic carbocycles. The summed E-state index contributed by atoms with van der Waals surface area (Å²) < 4.78 is 18.7. The molecule has 7 heteroatoms. The van der Waals surface area contributed by atoms with E-state index in [9.17, 15) is 14.0 Å². The third kappa shape index (κ3) is 3.53. The van der Waals surface area contributed by atoms with E-state index in [2.05, 4.69) is 17.0 Å². The molecule has 2 aliphatic heterocycles. The van der Waals surface area contributed by atoms with Gasteiger partial charge in [-0.15, -0.1) is 0 Å². The standard InChI is InChI=1S/C24H24FN3O3/c1-15(8-13-28-23(29)18-4-2-3-5-19(18)24(28)30)27-11-9-16(10-12-27)22-20-7-6-17(25)14-21(20)31-26-22/h2-7,14-16H,8-13H2,1H3. The van der Waals surface area contributed by atoms with Crippen molar-refractivity contribution in [2.45, 2.75) is 38.1 Å². The minimum atomic E-state index is -0.322. The lowest BCUT2D eigenvalue weighted by atomic mass is 9.91. The number of nitrogens with zero attached hydrogens (tertiary/aromatic N) is 3. The maximum absolute atomic E-state index is 13.4. The van der Waals surface area contributed by atoms with E-state index in [-0.39, 0.29) is 29.6 Å². The van der Waals surface area contributed by atoms with E-state index in [1.165, 1.54) is 17.0 Å². The zero-order valence-electron chi connectivity index (χ0n) is 17.4. The number of benzene rings is 2. The number of halogens is 1. The number of piperidine rings is 1. The lowest BCUT2D eigenvalue weighted by Crippen LogP contribution is -2.42. The Hall–Kier alpha value is -3.06. The monoisotopic (exact) mass is 421 g/mol. The SMILES string of the molecule is CC(CCN1C(=O)c2ccccc2C1=O)N1CCC(c2noc3cc(F)ccc23)CC1. The molecule has 160 valence electrons. The van der Waals surface area contributed by atoms with E-state index in [1.54, 1.807) is 30.3 Å². The van der Waals surface area contributed by atoms with Gasteiger partial charge in [-0.05, 0) is 63.5 Å². The molecule has 0 N–H and O–H groups in total. The Labute approximate surface area is 179 Å². The fraction of sp³-hybridized carbons (Fsp3) is 0.375. The van der Waals surface area contributed by atoms with Crippen LogP contribution in [0.3, 0.4) is 0 Å². The predicted octanol–water partition coefficient (Wildman–Crippen LogP) is 4.22. The average Bonchev–Trinajstić information content (AvgIpc) is 3.31. The first-order chi connectivity index (χ1) is 15.0. The Bertz CT molecular complexity index is 1110. The third-order valence-electron chi connectivity index (χ3n) is 6.65. The molecule has 2 aromatic carbocycles. The van der Waals surface area contributed by atoms with Gasteiger partial charge in [0.2, 0.25) is 0 Å². The van der Waals surface area contributed by atoms with Crippen LogP contribution in [0.2, 0.25) is 0 Å². The van der Waals surface area contributed by atoms with Gasteiger partial charge in [-0.25, -0.2) is 4.39 Å². The normalized spacial score (nSPS) is 18.7. The Morgan fingerprint density at radius 2 is 1.77 bits per heavy atom. The first kappa shape index (κ1) is 19.9. The molecule has 3 aromatic rings. The highest BCUT2D eigenvalue weighted by molar-refractivity contribution is 6.21. The van der Waals surface area contributed by atoms with Crippen LogP contribution in [-0.2, 0) is 0 Å². The van der Waals surface area contributed by atoms with Crippen molar-refractivity contribution in [2.24, 2.45) is 0 Å².